The molecule has 3 rings (SSSR count). The van der Waals surface area contributed by atoms with Crippen LogP contribution in [-0.2, 0) is 0 Å². The number of hydrogen-bond donors (Lipinski definition) is 1. The van der Waals surface area contributed by atoms with Gasteiger partial charge in [0.2, 0.25) is 0 Å². The zero-order valence-corrected chi connectivity index (χ0v) is 14.1. The number of likely N-dealkylation sites (N-methyl/N-ethyl adjacent to an activating group) is 1. The summed E-state index contributed by atoms with van der Waals surface area (Å²) in [6, 6.07) is 10.1. The number of thiophene rings is 1. The van der Waals surface area contributed by atoms with E-state index in [0.717, 1.165) is 16.6 Å². The summed E-state index contributed by atoms with van der Waals surface area (Å²) in [5.74, 6) is -0.117. The topological polar surface area (TPSA) is 45.2 Å². The smallest absolute Gasteiger partial charge is 0.269 e. The number of benzene rings is 1. The van der Waals surface area contributed by atoms with Gasteiger partial charge in [0, 0.05) is 34.8 Å². The van der Waals surface area contributed by atoms with Crippen LogP contribution in [0.5, 0.6) is 0 Å². The van der Waals surface area contributed by atoms with Gasteiger partial charge in [-0.3, -0.25) is 4.79 Å². The Bertz CT molecular complexity index is 800. The van der Waals surface area contributed by atoms with Crippen molar-refractivity contribution in [3.05, 3.63) is 42.2 Å². The molecule has 0 aliphatic rings. The van der Waals surface area contributed by atoms with Crippen molar-refractivity contribution in [3.63, 3.8) is 0 Å². The molecule has 4 nitrogen and oxygen atoms in total. The molecule has 116 valence electrons. The zero-order valence-electron chi connectivity index (χ0n) is 12.5. The van der Waals surface area contributed by atoms with Crippen molar-refractivity contribution in [2.24, 2.45) is 0 Å². The number of hydrogen-bond acceptors (Lipinski definition) is 4. The molecular formula is C16H18ClN3OS. The lowest BCUT2D eigenvalue weighted by molar-refractivity contribution is 0.0946. The Morgan fingerprint density at radius 2 is 2.00 bits per heavy atom. The molecule has 0 aliphatic heterocycles. The average Bonchev–Trinajstić information content (AvgIpc) is 2.84. The number of carbonyl (C=O) groups excluding carboxylic acids is 1. The van der Waals surface area contributed by atoms with Crippen LogP contribution in [0.15, 0.2) is 36.5 Å². The molecule has 6 heteroatoms. The lowest BCUT2D eigenvalue weighted by Gasteiger charge is -2.10. The second-order valence-corrected chi connectivity index (χ2v) is 6.31. The largest absolute Gasteiger partial charge is 0.349 e. The third-order valence-corrected chi connectivity index (χ3v) is 4.46. The summed E-state index contributed by atoms with van der Waals surface area (Å²) in [7, 11) is 3.96. The molecule has 2 heterocycles. The highest BCUT2D eigenvalue weighted by Crippen LogP contribution is 2.33. The Labute approximate surface area is 139 Å². The number of amides is 1. The maximum atomic E-state index is 12.1. The quantitative estimate of drug-likeness (QED) is 0.796. The lowest BCUT2D eigenvalue weighted by atomic mass is 10.1. The Morgan fingerprint density at radius 3 is 2.77 bits per heavy atom. The fourth-order valence-corrected chi connectivity index (χ4v) is 3.29. The van der Waals surface area contributed by atoms with E-state index >= 15 is 0 Å². The van der Waals surface area contributed by atoms with Crippen molar-refractivity contribution in [2.45, 2.75) is 0 Å². The minimum Gasteiger partial charge on any atom is -0.349 e. The van der Waals surface area contributed by atoms with E-state index in [1.165, 1.54) is 10.1 Å². The monoisotopic (exact) mass is 335 g/mol. The molecular weight excluding hydrogens is 318 g/mol. The van der Waals surface area contributed by atoms with Crippen LogP contribution >= 0.6 is 23.7 Å². The number of rotatable bonds is 4. The number of halogens is 1. The summed E-state index contributed by atoms with van der Waals surface area (Å²) in [5, 5.41) is 5.18. The number of nitrogens with one attached hydrogen (secondary N) is 1. The summed E-state index contributed by atoms with van der Waals surface area (Å²) >= 11 is 1.70. The SMILES string of the molecule is CN(C)CCNC(=O)c1cc2c(cn1)sc1ccccc12.Cl. The molecule has 1 amide bonds. The standard InChI is InChI=1S/C16H17N3OS.ClH/c1-19(2)8-7-17-16(20)13-9-12-11-5-3-4-6-14(11)21-15(12)10-18-13;/h3-6,9-10H,7-8H2,1-2H3,(H,17,20);1H. The molecule has 1 N–H and O–H groups in total. The van der Waals surface area contributed by atoms with Crippen LogP contribution in [0, 0.1) is 0 Å². The second-order valence-electron chi connectivity index (χ2n) is 5.22. The van der Waals surface area contributed by atoms with E-state index in [1.807, 2.05) is 37.2 Å². The highest BCUT2D eigenvalue weighted by atomic mass is 35.5. The molecule has 3 aromatic rings. The van der Waals surface area contributed by atoms with Gasteiger partial charge >= 0.3 is 0 Å². The van der Waals surface area contributed by atoms with Gasteiger partial charge in [-0.05, 0) is 26.2 Å². The summed E-state index contributed by atoms with van der Waals surface area (Å²) in [6.45, 7) is 1.44. The molecule has 0 spiro atoms. The molecule has 0 atom stereocenters. The van der Waals surface area contributed by atoms with E-state index in [2.05, 4.69) is 22.4 Å². The van der Waals surface area contributed by atoms with Crippen LogP contribution in [-0.4, -0.2) is 43.0 Å². The Kier molecular flexibility index (Phi) is 5.34. The van der Waals surface area contributed by atoms with Gasteiger partial charge in [-0.2, -0.15) is 0 Å². The van der Waals surface area contributed by atoms with Crippen molar-refractivity contribution >= 4 is 49.8 Å². The fraction of sp³-hybridized carbons (Fsp3) is 0.250. The number of fused-ring (bicyclic) bond motifs is 3. The molecule has 0 saturated heterocycles. The van der Waals surface area contributed by atoms with Crippen LogP contribution in [0.4, 0.5) is 0 Å². The van der Waals surface area contributed by atoms with Crippen molar-refractivity contribution in [2.75, 3.05) is 27.2 Å². The molecule has 0 unspecified atom stereocenters. The van der Waals surface area contributed by atoms with Gasteiger partial charge in [0.15, 0.2) is 0 Å². The van der Waals surface area contributed by atoms with Gasteiger partial charge in [0.25, 0.3) is 5.91 Å². The van der Waals surface area contributed by atoms with E-state index in [4.69, 9.17) is 0 Å². The van der Waals surface area contributed by atoms with Crippen molar-refractivity contribution in [1.29, 1.82) is 0 Å². The number of nitrogens with zero attached hydrogens (tertiary/aromatic N) is 2. The Balaban J connectivity index is 0.00000176. The highest BCUT2D eigenvalue weighted by molar-refractivity contribution is 7.25. The van der Waals surface area contributed by atoms with Crippen molar-refractivity contribution in [3.8, 4) is 0 Å². The molecule has 0 aliphatic carbocycles. The maximum Gasteiger partial charge on any atom is 0.269 e. The number of aromatic nitrogens is 1. The van der Waals surface area contributed by atoms with E-state index in [1.54, 1.807) is 17.5 Å². The second kappa shape index (κ2) is 7.05. The predicted octanol–water partition coefficient (Wildman–Crippen LogP) is 3.16. The van der Waals surface area contributed by atoms with Gasteiger partial charge in [0.05, 0.1) is 4.70 Å². The Hall–Kier alpha value is -1.69. The van der Waals surface area contributed by atoms with Crippen LogP contribution in [0.2, 0.25) is 0 Å². The van der Waals surface area contributed by atoms with Crippen LogP contribution < -0.4 is 5.32 Å². The maximum absolute atomic E-state index is 12.1. The minimum absolute atomic E-state index is 0. The van der Waals surface area contributed by atoms with E-state index < -0.39 is 0 Å². The highest BCUT2D eigenvalue weighted by Gasteiger charge is 2.11. The number of carbonyl (C=O) groups is 1. The first kappa shape index (κ1) is 16.7. The average molecular weight is 336 g/mol. The first-order valence-electron chi connectivity index (χ1n) is 6.85. The first-order valence-corrected chi connectivity index (χ1v) is 7.67. The first-order chi connectivity index (χ1) is 10.1. The molecule has 22 heavy (non-hydrogen) atoms. The normalized spacial score (nSPS) is 10.9. The van der Waals surface area contributed by atoms with Crippen LogP contribution in [0.1, 0.15) is 10.5 Å². The van der Waals surface area contributed by atoms with Gasteiger partial charge in [-0.1, -0.05) is 18.2 Å². The summed E-state index contributed by atoms with van der Waals surface area (Å²) < 4.78 is 2.33. The predicted molar refractivity (Wildman–Crippen MR) is 95.3 cm³/mol. The van der Waals surface area contributed by atoms with Gasteiger partial charge in [0.1, 0.15) is 5.69 Å². The molecule has 1 aromatic carbocycles. The van der Waals surface area contributed by atoms with Crippen LogP contribution in [0.25, 0.3) is 20.2 Å². The zero-order chi connectivity index (χ0) is 14.8. The summed E-state index contributed by atoms with van der Waals surface area (Å²) in [5.41, 5.74) is 0.477. The van der Waals surface area contributed by atoms with E-state index in [-0.39, 0.29) is 18.3 Å². The third kappa shape index (κ3) is 3.38. The molecule has 0 radical (unpaired) electrons. The Morgan fingerprint density at radius 1 is 1.23 bits per heavy atom. The summed E-state index contributed by atoms with van der Waals surface area (Å²) in [4.78, 5) is 18.5. The van der Waals surface area contributed by atoms with E-state index in [9.17, 15) is 4.79 Å². The van der Waals surface area contributed by atoms with Gasteiger partial charge in [-0.25, -0.2) is 4.98 Å². The van der Waals surface area contributed by atoms with Crippen LogP contribution in [0.3, 0.4) is 0 Å². The summed E-state index contributed by atoms with van der Waals surface area (Å²) in [6.07, 6.45) is 1.79. The molecule has 0 saturated carbocycles. The van der Waals surface area contributed by atoms with Crippen molar-refractivity contribution in [1.82, 2.24) is 15.2 Å². The molecule has 0 fully saturated rings. The lowest BCUT2D eigenvalue weighted by Crippen LogP contribution is -2.31. The fourth-order valence-electron chi connectivity index (χ4n) is 2.24. The molecule has 2 aromatic heterocycles. The van der Waals surface area contributed by atoms with Gasteiger partial charge < -0.3 is 10.2 Å². The third-order valence-electron chi connectivity index (χ3n) is 3.34. The van der Waals surface area contributed by atoms with Gasteiger partial charge in [-0.15, -0.1) is 23.7 Å². The molecule has 0 bridgehead atoms. The van der Waals surface area contributed by atoms with E-state index in [0.29, 0.717) is 12.2 Å². The van der Waals surface area contributed by atoms with Crippen molar-refractivity contribution < 1.29 is 4.79 Å². The number of pyridine rings is 1. The minimum atomic E-state index is -0.117.